The van der Waals surface area contributed by atoms with Crippen LogP contribution in [-0.4, -0.2) is 29.9 Å². The molecule has 1 aliphatic heterocycles. The Morgan fingerprint density at radius 1 is 1.55 bits per heavy atom. The molecule has 1 aromatic rings. The Kier molecular flexibility index (Phi) is 4.44. The van der Waals surface area contributed by atoms with Crippen LogP contribution in [0.2, 0.25) is 0 Å². The molecule has 1 aliphatic rings. The van der Waals surface area contributed by atoms with Crippen LogP contribution in [0.3, 0.4) is 0 Å². The molecule has 0 spiro atoms. The third-order valence-electron chi connectivity index (χ3n) is 3.17. The third-order valence-corrected chi connectivity index (χ3v) is 3.61. The lowest BCUT2D eigenvalue weighted by Gasteiger charge is -2.17. The van der Waals surface area contributed by atoms with Crippen molar-refractivity contribution in [1.82, 2.24) is 0 Å². The first-order chi connectivity index (χ1) is 9.56. The quantitative estimate of drug-likeness (QED) is 0.476. The first-order valence-electron chi connectivity index (χ1n) is 6.34. The second-order valence-electron chi connectivity index (χ2n) is 4.57. The molecule has 0 N–H and O–H groups in total. The summed E-state index contributed by atoms with van der Waals surface area (Å²) in [7, 11) is 0. The van der Waals surface area contributed by atoms with Gasteiger partial charge in [0, 0.05) is 18.8 Å². The maximum absolute atomic E-state index is 11.9. The maximum atomic E-state index is 11.9. The molecule has 1 fully saturated rings. The molecule has 1 atom stereocenters. The van der Waals surface area contributed by atoms with Crippen LogP contribution in [0.25, 0.3) is 0 Å². The van der Waals surface area contributed by atoms with Crippen molar-refractivity contribution in [2.45, 2.75) is 13.3 Å². The van der Waals surface area contributed by atoms with Gasteiger partial charge >= 0.3 is 0 Å². The summed E-state index contributed by atoms with van der Waals surface area (Å²) in [5.41, 5.74) is 0.176. The molecule has 1 amide bonds. The highest BCUT2D eigenvalue weighted by Crippen LogP contribution is 2.35. The first-order valence-corrected chi connectivity index (χ1v) is 6.87. The lowest BCUT2D eigenvalue weighted by molar-refractivity contribution is -0.384. The summed E-state index contributed by atoms with van der Waals surface area (Å²) in [6, 6.07) is 4.53. The van der Waals surface area contributed by atoms with E-state index in [2.05, 4.69) is 0 Å². The number of alkyl halides is 1. The predicted molar refractivity (Wildman–Crippen MR) is 75.4 cm³/mol. The highest BCUT2D eigenvalue weighted by atomic mass is 35.5. The smallest absolute Gasteiger partial charge is 0.296 e. The number of halogens is 1. The Labute approximate surface area is 121 Å². The van der Waals surface area contributed by atoms with E-state index >= 15 is 0 Å². The normalized spacial score (nSPS) is 18.4. The number of rotatable bonds is 5. The van der Waals surface area contributed by atoms with Crippen molar-refractivity contribution in [3.63, 3.8) is 0 Å². The summed E-state index contributed by atoms with van der Waals surface area (Å²) in [4.78, 5) is 24.1. The molecular weight excluding hydrogens is 284 g/mol. The topological polar surface area (TPSA) is 72.7 Å². The number of amides is 1. The SMILES string of the molecule is CCOc1ccc(N2CC(CCl)CC2=O)c([N+](=O)[O-])c1. The zero-order valence-corrected chi connectivity index (χ0v) is 11.8. The fourth-order valence-electron chi connectivity index (χ4n) is 2.25. The fourth-order valence-corrected chi connectivity index (χ4v) is 2.46. The van der Waals surface area contributed by atoms with Crippen LogP contribution in [0.15, 0.2) is 18.2 Å². The van der Waals surface area contributed by atoms with Crippen molar-refractivity contribution in [3.8, 4) is 5.75 Å². The highest BCUT2D eigenvalue weighted by Gasteiger charge is 2.33. The molecule has 0 aliphatic carbocycles. The van der Waals surface area contributed by atoms with Crippen molar-refractivity contribution >= 4 is 28.9 Å². The number of nitro groups is 1. The number of nitrogens with zero attached hydrogens (tertiary/aromatic N) is 2. The van der Waals surface area contributed by atoms with Crippen LogP contribution in [0.5, 0.6) is 5.75 Å². The van der Waals surface area contributed by atoms with E-state index in [0.29, 0.717) is 36.9 Å². The van der Waals surface area contributed by atoms with Gasteiger partial charge in [-0.25, -0.2) is 0 Å². The number of benzene rings is 1. The van der Waals surface area contributed by atoms with Gasteiger partial charge < -0.3 is 9.64 Å². The van der Waals surface area contributed by atoms with Crippen molar-refractivity contribution in [2.75, 3.05) is 23.9 Å². The van der Waals surface area contributed by atoms with Crippen LogP contribution in [0.4, 0.5) is 11.4 Å². The lowest BCUT2D eigenvalue weighted by Crippen LogP contribution is -2.25. The van der Waals surface area contributed by atoms with E-state index in [4.69, 9.17) is 16.3 Å². The van der Waals surface area contributed by atoms with Gasteiger partial charge in [0.15, 0.2) is 0 Å². The minimum Gasteiger partial charge on any atom is -0.494 e. The zero-order valence-electron chi connectivity index (χ0n) is 11.0. The first kappa shape index (κ1) is 14.6. The molecule has 108 valence electrons. The van der Waals surface area contributed by atoms with E-state index in [0.717, 1.165) is 0 Å². The molecule has 0 bridgehead atoms. The number of nitro benzene ring substituents is 1. The Hall–Kier alpha value is -1.82. The van der Waals surface area contributed by atoms with E-state index in [1.54, 1.807) is 19.1 Å². The second kappa shape index (κ2) is 6.09. The zero-order chi connectivity index (χ0) is 14.7. The minimum atomic E-state index is -0.501. The van der Waals surface area contributed by atoms with Crippen LogP contribution >= 0.6 is 11.6 Å². The van der Waals surface area contributed by atoms with Crippen LogP contribution in [-0.2, 0) is 4.79 Å². The van der Waals surface area contributed by atoms with E-state index < -0.39 is 4.92 Å². The standard InChI is InChI=1S/C13H15ClN2O4/c1-2-20-10-3-4-11(12(6-10)16(18)19)15-8-9(7-14)5-13(15)17/h3-4,6,9H,2,5,7-8H2,1H3. The van der Waals surface area contributed by atoms with Crippen LogP contribution in [0.1, 0.15) is 13.3 Å². The van der Waals surface area contributed by atoms with Crippen molar-refractivity contribution in [1.29, 1.82) is 0 Å². The molecule has 2 rings (SSSR count). The van der Waals surface area contributed by atoms with Gasteiger partial charge in [0.05, 0.1) is 17.6 Å². The van der Waals surface area contributed by atoms with Gasteiger partial charge in [-0.15, -0.1) is 11.6 Å². The number of hydrogen-bond donors (Lipinski definition) is 0. The number of carbonyl (C=O) groups is 1. The fraction of sp³-hybridized carbons (Fsp3) is 0.462. The van der Waals surface area contributed by atoms with Crippen molar-refractivity contribution in [3.05, 3.63) is 28.3 Å². The van der Waals surface area contributed by atoms with Gasteiger partial charge in [-0.2, -0.15) is 0 Å². The largest absolute Gasteiger partial charge is 0.494 e. The average molecular weight is 299 g/mol. The Bertz CT molecular complexity index is 535. The molecule has 20 heavy (non-hydrogen) atoms. The van der Waals surface area contributed by atoms with E-state index in [1.807, 2.05) is 0 Å². The third kappa shape index (κ3) is 2.85. The average Bonchev–Trinajstić information content (AvgIpc) is 2.80. The predicted octanol–water partition coefficient (Wildman–Crippen LogP) is 2.59. The summed E-state index contributed by atoms with van der Waals surface area (Å²) in [6.45, 7) is 2.64. The number of hydrogen-bond acceptors (Lipinski definition) is 4. The molecule has 0 radical (unpaired) electrons. The van der Waals surface area contributed by atoms with Crippen LogP contribution in [0, 0.1) is 16.0 Å². The molecule has 1 aromatic carbocycles. The van der Waals surface area contributed by atoms with Crippen LogP contribution < -0.4 is 9.64 Å². The Balaban J connectivity index is 2.36. The summed E-state index contributed by atoms with van der Waals surface area (Å²) in [5, 5.41) is 11.2. The molecule has 6 nitrogen and oxygen atoms in total. The molecular formula is C13H15ClN2O4. The number of anilines is 1. The minimum absolute atomic E-state index is 0.0374. The number of carbonyl (C=O) groups excluding carboxylic acids is 1. The summed E-state index contributed by atoms with van der Waals surface area (Å²) >= 11 is 5.76. The van der Waals surface area contributed by atoms with E-state index in [9.17, 15) is 14.9 Å². The Morgan fingerprint density at radius 3 is 2.85 bits per heavy atom. The molecule has 7 heteroatoms. The molecule has 1 heterocycles. The highest BCUT2D eigenvalue weighted by molar-refractivity contribution is 6.18. The van der Waals surface area contributed by atoms with E-state index in [1.165, 1.54) is 11.0 Å². The molecule has 0 saturated carbocycles. The van der Waals surface area contributed by atoms with Gasteiger partial charge in [-0.1, -0.05) is 0 Å². The second-order valence-corrected chi connectivity index (χ2v) is 4.88. The Morgan fingerprint density at radius 2 is 2.30 bits per heavy atom. The summed E-state index contributed by atoms with van der Waals surface area (Å²) in [5.74, 6) is 0.689. The maximum Gasteiger partial charge on any atom is 0.296 e. The molecule has 1 saturated heterocycles. The molecule has 0 aromatic heterocycles. The van der Waals surface area contributed by atoms with Crippen molar-refractivity contribution in [2.24, 2.45) is 5.92 Å². The summed E-state index contributed by atoms with van der Waals surface area (Å²) < 4.78 is 5.25. The van der Waals surface area contributed by atoms with Crippen molar-refractivity contribution < 1.29 is 14.5 Å². The molecule has 1 unspecified atom stereocenters. The van der Waals surface area contributed by atoms with Gasteiger partial charge in [-0.3, -0.25) is 14.9 Å². The van der Waals surface area contributed by atoms with Gasteiger partial charge in [0.25, 0.3) is 5.69 Å². The van der Waals surface area contributed by atoms with Gasteiger partial charge in [0.1, 0.15) is 11.4 Å². The van der Waals surface area contributed by atoms with E-state index in [-0.39, 0.29) is 17.5 Å². The number of ether oxygens (including phenoxy) is 1. The van der Waals surface area contributed by atoms with Gasteiger partial charge in [-0.05, 0) is 25.0 Å². The van der Waals surface area contributed by atoms with Gasteiger partial charge in [0.2, 0.25) is 5.91 Å². The monoisotopic (exact) mass is 298 g/mol. The summed E-state index contributed by atoms with van der Waals surface area (Å²) in [6.07, 6.45) is 0.327. The lowest BCUT2D eigenvalue weighted by atomic mass is 10.1.